The fourth-order valence-corrected chi connectivity index (χ4v) is 1.87. The second-order valence-corrected chi connectivity index (χ2v) is 6.46. The third-order valence-corrected chi connectivity index (χ3v) is 2.78. The van der Waals surface area contributed by atoms with Gasteiger partial charge in [0.1, 0.15) is 12.3 Å². The van der Waals surface area contributed by atoms with Gasteiger partial charge in [0.25, 0.3) is 0 Å². The third-order valence-electron chi connectivity index (χ3n) is 2.78. The van der Waals surface area contributed by atoms with Crippen LogP contribution in [0.3, 0.4) is 0 Å². The van der Waals surface area contributed by atoms with E-state index in [1.54, 1.807) is 0 Å². The summed E-state index contributed by atoms with van der Waals surface area (Å²) in [5.41, 5.74) is -0.271. The van der Waals surface area contributed by atoms with Crippen molar-refractivity contribution in [3.8, 4) is 0 Å². The molecule has 2 amide bonds. The number of hydrogen-bond donors (Lipinski definition) is 1. The SMILES string of the molecule is CC(C)(C)CC(=O)NCC(=O)N(Cc1ccco1)CC(F)(F)F. The number of amides is 2. The molecule has 0 bridgehead atoms. The Morgan fingerprint density at radius 1 is 1.26 bits per heavy atom. The van der Waals surface area contributed by atoms with Gasteiger partial charge in [-0.1, -0.05) is 20.8 Å². The molecule has 1 heterocycles. The number of halogens is 3. The molecule has 0 aromatic carbocycles. The van der Waals surface area contributed by atoms with Gasteiger partial charge in [-0.05, 0) is 17.5 Å². The quantitative estimate of drug-likeness (QED) is 0.870. The lowest BCUT2D eigenvalue weighted by molar-refractivity contribution is -0.162. The topological polar surface area (TPSA) is 62.6 Å². The van der Waals surface area contributed by atoms with Gasteiger partial charge in [-0.25, -0.2) is 0 Å². The predicted octanol–water partition coefficient (Wildman–Crippen LogP) is 2.72. The summed E-state index contributed by atoms with van der Waals surface area (Å²) in [6, 6.07) is 3.01. The molecule has 0 atom stereocenters. The van der Waals surface area contributed by atoms with Crippen molar-refractivity contribution in [2.75, 3.05) is 13.1 Å². The Hall–Kier alpha value is -1.99. The fourth-order valence-electron chi connectivity index (χ4n) is 1.87. The molecule has 1 aromatic heterocycles. The molecule has 0 aliphatic heterocycles. The van der Waals surface area contributed by atoms with Crippen molar-refractivity contribution in [1.82, 2.24) is 10.2 Å². The predicted molar refractivity (Wildman–Crippen MR) is 77.3 cm³/mol. The summed E-state index contributed by atoms with van der Waals surface area (Å²) >= 11 is 0. The first-order valence-corrected chi connectivity index (χ1v) is 7.10. The van der Waals surface area contributed by atoms with E-state index in [1.807, 2.05) is 20.8 Å². The Labute approximate surface area is 132 Å². The molecule has 0 spiro atoms. The summed E-state index contributed by atoms with van der Waals surface area (Å²) in [4.78, 5) is 24.3. The molecule has 1 rings (SSSR count). The lowest BCUT2D eigenvalue weighted by Gasteiger charge is -2.23. The standard InChI is InChI=1S/C15H21F3N2O3/c1-14(2,3)7-12(21)19-8-13(22)20(10-15(16,17)18)9-11-5-4-6-23-11/h4-6H,7-10H2,1-3H3,(H,19,21). The van der Waals surface area contributed by atoms with Crippen LogP contribution in [0.5, 0.6) is 0 Å². The smallest absolute Gasteiger partial charge is 0.406 e. The zero-order valence-corrected chi connectivity index (χ0v) is 13.4. The zero-order valence-electron chi connectivity index (χ0n) is 13.4. The lowest BCUT2D eigenvalue weighted by atomic mass is 9.92. The second-order valence-electron chi connectivity index (χ2n) is 6.46. The number of hydrogen-bond acceptors (Lipinski definition) is 3. The highest BCUT2D eigenvalue weighted by atomic mass is 19.4. The van der Waals surface area contributed by atoms with E-state index >= 15 is 0 Å². The Balaban J connectivity index is 2.62. The number of nitrogens with zero attached hydrogens (tertiary/aromatic N) is 1. The third kappa shape index (κ3) is 8.27. The van der Waals surface area contributed by atoms with Crippen LogP contribution < -0.4 is 5.32 Å². The number of alkyl halides is 3. The molecule has 130 valence electrons. The molecule has 1 aromatic rings. The molecule has 0 aliphatic carbocycles. The van der Waals surface area contributed by atoms with Gasteiger partial charge in [0, 0.05) is 6.42 Å². The van der Waals surface area contributed by atoms with Crippen LogP contribution in [-0.4, -0.2) is 36.0 Å². The molecule has 1 N–H and O–H groups in total. The van der Waals surface area contributed by atoms with E-state index in [-0.39, 0.29) is 30.0 Å². The van der Waals surface area contributed by atoms with Gasteiger partial charge in [0.05, 0.1) is 19.4 Å². The van der Waals surface area contributed by atoms with Gasteiger partial charge >= 0.3 is 6.18 Å². The first-order valence-electron chi connectivity index (χ1n) is 7.10. The van der Waals surface area contributed by atoms with E-state index in [1.165, 1.54) is 18.4 Å². The fraction of sp³-hybridized carbons (Fsp3) is 0.600. The van der Waals surface area contributed by atoms with Crippen LogP contribution in [0, 0.1) is 5.41 Å². The molecule has 0 radical (unpaired) electrons. The summed E-state index contributed by atoms with van der Waals surface area (Å²) in [7, 11) is 0. The van der Waals surface area contributed by atoms with Crippen LogP contribution in [0.15, 0.2) is 22.8 Å². The van der Waals surface area contributed by atoms with Crippen LogP contribution >= 0.6 is 0 Å². The van der Waals surface area contributed by atoms with Crippen LogP contribution in [0.2, 0.25) is 0 Å². The largest absolute Gasteiger partial charge is 0.467 e. The number of rotatable bonds is 6. The van der Waals surface area contributed by atoms with Crippen molar-refractivity contribution in [1.29, 1.82) is 0 Å². The van der Waals surface area contributed by atoms with Gasteiger partial charge in [-0.3, -0.25) is 9.59 Å². The van der Waals surface area contributed by atoms with Crippen LogP contribution in [0.25, 0.3) is 0 Å². The number of nitrogens with one attached hydrogen (secondary N) is 1. The number of carbonyl (C=O) groups is 2. The lowest BCUT2D eigenvalue weighted by Crippen LogP contribution is -2.44. The second kappa shape index (κ2) is 7.52. The van der Waals surface area contributed by atoms with Gasteiger partial charge < -0.3 is 14.6 Å². The van der Waals surface area contributed by atoms with Crippen LogP contribution in [-0.2, 0) is 16.1 Å². The Morgan fingerprint density at radius 3 is 2.39 bits per heavy atom. The van der Waals surface area contributed by atoms with Gasteiger partial charge in [-0.15, -0.1) is 0 Å². The average Bonchev–Trinajstić information content (AvgIpc) is 2.84. The summed E-state index contributed by atoms with van der Waals surface area (Å²) in [6.45, 7) is 3.36. The van der Waals surface area contributed by atoms with E-state index in [2.05, 4.69) is 5.32 Å². The van der Waals surface area contributed by atoms with Crippen molar-refractivity contribution in [3.05, 3.63) is 24.2 Å². The molecular weight excluding hydrogens is 313 g/mol. The highest BCUT2D eigenvalue weighted by molar-refractivity contribution is 5.85. The molecule has 0 saturated heterocycles. The van der Waals surface area contributed by atoms with Gasteiger partial charge in [0.15, 0.2) is 0 Å². The molecule has 0 saturated carbocycles. The molecule has 0 aliphatic rings. The Bertz CT molecular complexity index is 519. The Morgan fingerprint density at radius 2 is 1.91 bits per heavy atom. The minimum absolute atomic E-state index is 0.178. The van der Waals surface area contributed by atoms with Crippen LogP contribution in [0.1, 0.15) is 33.0 Å². The summed E-state index contributed by atoms with van der Waals surface area (Å²) in [5.74, 6) is -0.958. The molecule has 8 heteroatoms. The van der Waals surface area contributed by atoms with E-state index in [9.17, 15) is 22.8 Å². The van der Waals surface area contributed by atoms with E-state index < -0.39 is 25.2 Å². The van der Waals surface area contributed by atoms with Crippen molar-refractivity contribution in [2.24, 2.45) is 5.41 Å². The minimum Gasteiger partial charge on any atom is -0.467 e. The summed E-state index contributed by atoms with van der Waals surface area (Å²) < 4.78 is 42.8. The molecule has 0 fully saturated rings. The van der Waals surface area contributed by atoms with Crippen molar-refractivity contribution >= 4 is 11.8 Å². The van der Waals surface area contributed by atoms with Gasteiger partial charge in [-0.2, -0.15) is 13.2 Å². The van der Waals surface area contributed by atoms with Crippen molar-refractivity contribution in [3.63, 3.8) is 0 Å². The molecule has 0 unspecified atom stereocenters. The van der Waals surface area contributed by atoms with Gasteiger partial charge in [0.2, 0.25) is 11.8 Å². The maximum atomic E-state index is 12.6. The molecule has 23 heavy (non-hydrogen) atoms. The maximum Gasteiger partial charge on any atom is 0.406 e. The van der Waals surface area contributed by atoms with Crippen LogP contribution in [0.4, 0.5) is 13.2 Å². The summed E-state index contributed by atoms with van der Waals surface area (Å²) in [6.07, 6.45) is -3.04. The highest BCUT2D eigenvalue weighted by Gasteiger charge is 2.33. The van der Waals surface area contributed by atoms with E-state index in [0.717, 1.165) is 0 Å². The first kappa shape index (κ1) is 19.1. The zero-order chi connectivity index (χ0) is 17.7. The minimum atomic E-state index is -4.53. The number of furan rings is 1. The monoisotopic (exact) mass is 334 g/mol. The Kier molecular flexibility index (Phi) is 6.23. The molecule has 5 nitrogen and oxygen atoms in total. The van der Waals surface area contributed by atoms with Crippen molar-refractivity contribution < 1.29 is 27.2 Å². The average molecular weight is 334 g/mol. The van der Waals surface area contributed by atoms with E-state index in [0.29, 0.717) is 4.90 Å². The van der Waals surface area contributed by atoms with E-state index in [4.69, 9.17) is 4.42 Å². The van der Waals surface area contributed by atoms with Crippen molar-refractivity contribution in [2.45, 2.75) is 39.9 Å². The maximum absolute atomic E-state index is 12.6. The normalized spacial score (nSPS) is 12.1. The highest BCUT2D eigenvalue weighted by Crippen LogP contribution is 2.19. The first-order chi connectivity index (χ1) is 10.5. The number of carbonyl (C=O) groups excluding carboxylic acids is 2. The molecular formula is C15H21F3N2O3. The summed E-state index contributed by atoms with van der Waals surface area (Å²) in [5, 5.41) is 2.36.